The van der Waals surface area contributed by atoms with Gasteiger partial charge in [-0.3, -0.25) is 14.0 Å². The molecule has 4 aromatic rings. The van der Waals surface area contributed by atoms with Gasteiger partial charge in [0.05, 0.1) is 6.04 Å². The number of nitrogens with zero attached hydrogens (tertiary/aromatic N) is 2. The van der Waals surface area contributed by atoms with Crippen LogP contribution in [0.2, 0.25) is 0 Å². The smallest absolute Gasteiger partial charge is 0.270 e. The summed E-state index contributed by atoms with van der Waals surface area (Å²) >= 11 is 1.57. The average Bonchev–Trinajstić information content (AvgIpc) is 3.28. The molecule has 30 heavy (non-hydrogen) atoms. The van der Waals surface area contributed by atoms with Gasteiger partial charge in [0.1, 0.15) is 11.2 Å². The van der Waals surface area contributed by atoms with E-state index < -0.39 is 5.91 Å². The van der Waals surface area contributed by atoms with Crippen molar-refractivity contribution in [3.05, 3.63) is 104 Å². The van der Waals surface area contributed by atoms with Gasteiger partial charge in [-0.05, 0) is 47.5 Å². The van der Waals surface area contributed by atoms with E-state index in [2.05, 4.69) is 29.4 Å². The Labute approximate surface area is 179 Å². The minimum atomic E-state index is -0.431. The molecule has 4 rings (SSSR count). The standard InChI is InChI=1S/C24H23N3O2S/c1-3-5-17-8-10-18(11-9-17)22(20-6-4-13-30-20)26-23(28)19-14-25-21-12-7-16(2)15-27(21)24(19)29/h4,6-15,22H,3,5H2,1-2H3,(H,26,28). The number of thiophene rings is 1. The van der Waals surface area contributed by atoms with Gasteiger partial charge in [-0.25, -0.2) is 4.98 Å². The summed E-state index contributed by atoms with van der Waals surface area (Å²) < 4.78 is 1.42. The van der Waals surface area contributed by atoms with E-state index in [0.717, 1.165) is 28.8 Å². The third kappa shape index (κ3) is 4.04. The van der Waals surface area contributed by atoms with Crippen molar-refractivity contribution < 1.29 is 4.79 Å². The lowest BCUT2D eigenvalue weighted by atomic mass is 10.0. The van der Waals surface area contributed by atoms with Crippen molar-refractivity contribution in [2.75, 3.05) is 0 Å². The Morgan fingerprint density at radius 2 is 1.97 bits per heavy atom. The molecule has 3 aromatic heterocycles. The maximum Gasteiger partial charge on any atom is 0.270 e. The third-order valence-electron chi connectivity index (χ3n) is 5.05. The Bertz CT molecular complexity index is 1230. The normalized spacial score (nSPS) is 12.1. The first kappa shape index (κ1) is 20.0. The summed E-state index contributed by atoms with van der Waals surface area (Å²) in [7, 11) is 0. The topological polar surface area (TPSA) is 63.5 Å². The fourth-order valence-corrected chi connectivity index (χ4v) is 4.29. The summed E-state index contributed by atoms with van der Waals surface area (Å²) in [6, 6.07) is 15.6. The zero-order valence-electron chi connectivity index (χ0n) is 17.0. The highest BCUT2D eigenvalue weighted by atomic mass is 32.1. The predicted molar refractivity (Wildman–Crippen MR) is 120 cm³/mol. The van der Waals surface area contributed by atoms with E-state index >= 15 is 0 Å². The number of aromatic nitrogens is 2. The second-order valence-electron chi connectivity index (χ2n) is 7.33. The van der Waals surface area contributed by atoms with Crippen LogP contribution in [0.4, 0.5) is 0 Å². The minimum absolute atomic E-state index is 0.0299. The molecule has 0 saturated heterocycles. The molecule has 0 fully saturated rings. The van der Waals surface area contributed by atoms with E-state index in [1.165, 1.54) is 16.2 Å². The van der Waals surface area contributed by atoms with Crippen LogP contribution >= 0.6 is 11.3 Å². The van der Waals surface area contributed by atoms with Gasteiger partial charge >= 0.3 is 0 Å². The van der Waals surface area contributed by atoms with Gasteiger partial charge in [-0.2, -0.15) is 0 Å². The molecule has 1 atom stereocenters. The minimum Gasteiger partial charge on any atom is -0.340 e. The molecule has 0 saturated carbocycles. The van der Waals surface area contributed by atoms with E-state index in [1.54, 1.807) is 23.6 Å². The maximum absolute atomic E-state index is 13.1. The molecule has 152 valence electrons. The SMILES string of the molecule is CCCc1ccc(C(NC(=O)c2cnc3ccc(C)cn3c2=O)c2cccs2)cc1. The van der Waals surface area contributed by atoms with E-state index in [4.69, 9.17) is 0 Å². The fraction of sp³-hybridized carbons (Fsp3) is 0.208. The number of fused-ring (bicyclic) bond motifs is 1. The molecule has 0 spiro atoms. The lowest BCUT2D eigenvalue weighted by molar-refractivity contribution is 0.0941. The number of carbonyl (C=O) groups is 1. The average molecular weight is 418 g/mol. The molecule has 1 aromatic carbocycles. The molecule has 3 heterocycles. The van der Waals surface area contributed by atoms with Gasteiger partial charge in [0.2, 0.25) is 0 Å². The molecule has 1 N–H and O–H groups in total. The van der Waals surface area contributed by atoms with Gasteiger partial charge in [0, 0.05) is 17.3 Å². The summed E-state index contributed by atoms with van der Waals surface area (Å²) in [5, 5.41) is 5.02. The summed E-state index contributed by atoms with van der Waals surface area (Å²) in [6.07, 6.45) is 5.17. The number of rotatable bonds is 6. The highest BCUT2D eigenvalue weighted by Crippen LogP contribution is 2.27. The Balaban J connectivity index is 1.68. The van der Waals surface area contributed by atoms with Crippen molar-refractivity contribution in [2.45, 2.75) is 32.7 Å². The summed E-state index contributed by atoms with van der Waals surface area (Å²) in [4.78, 5) is 31.3. The molecule has 0 radical (unpaired) electrons. The zero-order valence-corrected chi connectivity index (χ0v) is 17.8. The molecule has 6 heteroatoms. The van der Waals surface area contributed by atoms with E-state index in [1.807, 2.05) is 42.6 Å². The van der Waals surface area contributed by atoms with Crippen LogP contribution in [0.15, 0.2) is 71.1 Å². The Morgan fingerprint density at radius 1 is 1.17 bits per heavy atom. The first-order valence-electron chi connectivity index (χ1n) is 9.98. The Morgan fingerprint density at radius 3 is 2.67 bits per heavy atom. The third-order valence-corrected chi connectivity index (χ3v) is 5.99. The molecule has 0 aliphatic carbocycles. The zero-order chi connectivity index (χ0) is 21.1. The van der Waals surface area contributed by atoms with Crippen molar-refractivity contribution in [1.82, 2.24) is 14.7 Å². The molecular formula is C24H23N3O2S. The second-order valence-corrected chi connectivity index (χ2v) is 8.30. The number of carbonyl (C=O) groups excluding carboxylic acids is 1. The van der Waals surface area contributed by atoms with Gasteiger partial charge in [-0.15, -0.1) is 11.3 Å². The van der Waals surface area contributed by atoms with Crippen LogP contribution in [-0.4, -0.2) is 15.3 Å². The van der Waals surface area contributed by atoms with Crippen molar-refractivity contribution in [3.8, 4) is 0 Å². The Hall–Kier alpha value is -3.25. The van der Waals surface area contributed by atoms with Crippen molar-refractivity contribution in [1.29, 1.82) is 0 Å². The number of aryl methyl sites for hydroxylation is 2. The molecule has 5 nitrogen and oxygen atoms in total. The van der Waals surface area contributed by atoms with Gasteiger partial charge in [0.25, 0.3) is 11.5 Å². The van der Waals surface area contributed by atoms with Crippen molar-refractivity contribution in [3.63, 3.8) is 0 Å². The quantitative estimate of drug-likeness (QED) is 0.501. The number of amides is 1. The van der Waals surface area contributed by atoms with Crippen LogP contribution in [0.25, 0.3) is 5.65 Å². The monoisotopic (exact) mass is 417 g/mol. The molecule has 0 aliphatic rings. The fourth-order valence-electron chi connectivity index (χ4n) is 3.49. The maximum atomic E-state index is 13.1. The number of hydrogen-bond donors (Lipinski definition) is 1. The highest BCUT2D eigenvalue weighted by Gasteiger charge is 2.21. The second kappa shape index (κ2) is 8.63. The first-order valence-corrected chi connectivity index (χ1v) is 10.9. The number of nitrogens with one attached hydrogen (secondary N) is 1. The Kier molecular flexibility index (Phi) is 5.77. The highest BCUT2D eigenvalue weighted by molar-refractivity contribution is 7.10. The summed E-state index contributed by atoms with van der Waals surface area (Å²) in [5.41, 5.74) is 3.35. The van der Waals surface area contributed by atoms with Gasteiger partial charge < -0.3 is 5.32 Å². The lowest BCUT2D eigenvalue weighted by Crippen LogP contribution is -2.34. The summed E-state index contributed by atoms with van der Waals surface area (Å²) in [6.45, 7) is 4.05. The lowest BCUT2D eigenvalue weighted by Gasteiger charge is -2.18. The van der Waals surface area contributed by atoms with Crippen LogP contribution in [0.5, 0.6) is 0 Å². The molecule has 1 unspecified atom stereocenters. The van der Waals surface area contributed by atoms with Crippen LogP contribution in [0.1, 0.15) is 51.3 Å². The van der Waals surface area contributed by atoms with Crippen molar-refractivity contribution >= 4 is 22.9 Å². The number of pyridine rings is 1. The molecule has 1 amide bonds. The predicted octanol–water partition coefficient (Wildman–Crippen LogP) is 4.54. The van der Waals surface area contributed by atoms with Crippen molar-refractivity contribution in [2.24, 2.45) is 0 Å². The van der Waals surface area contributed by atoms with Crippen LogP contribution in [0.3, 0.4) is 0 Å². The van der Waals surface area contributed by atoms with Crippen LogP contribution in [0, 0.1) is 6.92 Å². The van der Waals surface area contributed by atoms with E-state index in [9.17, 15) is 9.59 Å². The number of benzene rings is 1. The molecule has 0 bridgehead atoms. The van der Waals surface area contributed by atoms with Crippen LogP contribution in [-0.2, 0) is 6.42 Å². The molecular weight excluding hydrogens is 394 g/mol. The molecule has 0 aliphatic heterocycles. The summed E-state index contributed by atoms with van der Waals surface area (Å²) in [5.74, 6) is -0.431. The number of hydrogen-bond acceptors (Lipinski definition) is 4. The van der Waals surface area contributed by atoms with Gasteiger partial charge in [0.15, 0.2) is 0 Å². The first-order chi connectivity index (χ1) is 14.6. The van der Waals surface area contributed by atoms with Gasteiger partial charge in [-0.1, -0.05) is 49.7 Å². The van der Waals surface area contributed by atoms with Crippen LogP contribution < -0.4 is 10.9 Å². The van der Waals surface area contributed by atoms with E-state index in [-0.39, 0.29) is 17.2 Å². The largest absolute Gasteiger partial charge is 0.340 e. The van der Waals surface area contributed by atoms with E-state index in [0.29, 0.717) is 5.65 Å².